The van der Waals surface area contributed by atoms with E-state index in [0.717, 1.165) is 28.9 Å². The van der Waals surface area contributed by atoms with Gasteiger partial charge < -0.3 is 14.8 Å². The lowest BCUT2D eigenvalue weighted by molar-refractivity contribution is -0.129. The van der Waals surface area contributed by atoms with Gasteiger partial charge >= 0.3 is 0 Å². The number of ether oxygens (including phenoxy) is 2. The SMILES string of the molecule is COc1cc2c(cc1OC)CN(S(=O)(=O)CCNC(=O)CC13CC4CC(CC(C4)C1)C3)CC2. The van der Waals surface area contributed by atoms with Gasteiger partial charge in [0, 0.05) is 26.1 Å². The molecule has 4 aliphatic carbocycles. The Labute approximate surface area is 197 Å². The third kappa shape index (κ3) is 4.61. The molecule has 6 rings (SSSR count). The van der Waals surface area contributed by atoms with Crippen LogP contribution < -0.4 is 14.8 Å². The van der Waals surface area contributed by atoms with E-state index in [0.29, 0.717) is 37.4 Å². The van der Waals surface area contributed by atoms with Gasteiger partial charge in [-0.05, 0) is 91.4 Å². The lowest BCUT2D eigenvalue weighted by Crippen LogP contribution is -2.48. The van der Waals surface area contributed by atoms with Crippen LogP contribution in [0.25, 0.3) is 0 Å². The highest BCUT2D eigenvalue weighted by atomic mass is 32.2. The van der Waals surface area contributed by atoms with Crippen molar-refractivity contribution in [3.05, 3.63) is 23.3 Å². The molecule has 0 spiro atoms. The molecule has 5 aliphatic rings. The van der Waals surface area contributed by atoms with E-state index in [1.807, 2.05) is 12.1 Å². The summed E-state index contributed by atoms with van der Waals surface area (Å²) in [5.41, 5.74) is 2.20. The highest BCUT2D eigenvalue weighted by molar-refractivity contribution is 7.89. The van der Waals surface area contributed by atoms with Gasteiger partial charge in [0.2, 0.25) is 15.9 Å². The zero-order chi connectivity index (χ0) is 23.2. The van der Waals surface area contributed by atoms with Crippen molar-refractivity contribution < 1.29 is 22.7 Å². The van der Waals surface area contributed by atoms with Crippen LogP contribution in [-0.2, 0) is 27.8 Å². The number of sulfonamides is 1. The first-order valence-electron chi connectivity index (χ1n) is 12.3. The molecule has 182 valence electrons. The van der Waals surface area contributed by atoms with E-state index in [2.05, 4.69) is 5.32 Å². The van der Waals surface area contributed by atoms with Crippen molar-refractivity contribution >= 4 is 15.9 Å². The van der Waals surface area contributed by atoms with Gasteiger partial charge in [0.15, 0.2) is 11.5 Å². The van der Waals surface area contributed by atoms with Crippen LogP contribution in [0.1, 0.15) is 56.1 Å². The topological polar surface area (TPSA) is 84.9 Å². The molecule has 1 aromatic carbocycles. The summed E-state index contributed by atoms with van der Waals surface area (Å²) < 4.78 is 38.2. The minimum absolute atomic E-state index is 0.0213. The Morgan fingerprint density at radius 2 is 1.61 bits per heavy atom. The number of hydrogen-bond donors (Lipinski definition) is 1. The molecule has 0 unspecified atom stereocenters. The molecule has 1 heterocycles. The van der Waals surface area contributed by atoms with E-state index >= 15 is 0 Å². The first-order chi connectivity index (χ1) is 15.8. The Morgan fingerprint density at radius 3 is 2.18 bits per heavy atom. The Morgan fingerprint density at radius 1 is 1.03 bits per heavy atom. The third-order valence-corrected chi connectivity index (χ3v) is 10.3. The summed E-state index contributed by atoms with van der Waals surface area (Å²) in [7, 11) is -0.288. The van der Waals surface area contributed by atoms with E-state index in [9.17, 15) is 13.2 Å². The normalized spacial score (nSPS) is 30.7. The minimum atomic E-state index is -3.46. The molecule has 0 atom stereocenters. The van der Waals surface area contributed by atoms with Crippen molar-refractivity contribution in [3.63, 3.8) is 0 Å². The fourth-order valence-electron chi connectivity index (χ4n) is 7.45. The molecule has 1 N–H and O–H groups in total. The number of nitrogens with one attached hydrogen (secondary N) is 1. The quantitative estimate of drug-likeness (QED) is 0.623. The predicted octanol–water partition coefficient (Wildman–Crippen LogP) is 3.11. The summed E-state index contributed by atoms with van der Waals surface area (Å²) in [5, 5.41) is 2.92. The van der Waals surface area contributed by atoms with Gasteiger partial charge in [0.05, 0.1) is 20.0 Å². The Bertz CT molecular complexity index is 987. The van der Waals surface area contributed by atoms with Crippen LogP contribution in [0.5, 0.6) is 11.5 Å². The minimum Gasteiger partial charge on any atom is -0.493 e. The maximum atomic E-state index is 13.0. The number of methoxy groups -OCH3 is 2. The summed E-state index contributed by atoms with van der Waals surface area (Å²) in [5.74, 6) is 3.65. The molecule has 1 aliphatic heterocycles. The van der Waals surface area contributed by atoms with Crippen LogP contribution in [0, 0.1) is 23.2 Å². The molecular formula is C25H36N2O5S. The van der Waals surface area contributed by atoms with Crippen LogP contribution in [-0.4, -0.2) is 51.7 Å². The number of benzene rings is 1. The summed E-state index contributed by atoms with van der Waals surface area (Å²) in [4.78, 5) is 12.7. The van der Waals surface area contributed by atoms with Gasteiger partial charge in [-0.2, -0.15) is 4.31 Å². The monoisotopic (exact) mass is 476 g/mol. The fourth-order valence-corrected chi connectivity index (χ4v) is 8.78. The molecular weight excluding hydrogens is 440 g/mol. The Balaban J connectivity index is 1.15. The summed E-state index contributed by atoms with van der Waals surface area (Å²) in [6, 6.07) is 3.80. The fraction of sp³-hybridized carbons (Fsp3) is 0.720. The van der Waals surface area contributed by atoms with Crippen molar-refractivity contribution in [2.45, 2.75) is 57.9 Å². The molecule has 4 fully saturated rings. The van der Waals surface area contributed by atoms with Crippen molar-refractivity contribution in [2.75, 3.05) is 33.1 Å². The van der Waals surface area contributed by atoms with Crippen LogP contribution in [0.2, 0.25) is 0 Å². The van der Waals surface area contributed by atoms with Crippen LogP contribution in [0.15, 0.2) is 12.1 Å². The van der Waals surface area contributed by atoms with E-state index < -0.39 is 10.0 Å². The lowest BCUT2D eigenvalue weighted by Gasteiger charge is -2.56. The first-order valence-corrected chi connectivity index (χ1v) is 13.9. The second kappa shape index (κ2) is 8.77. The zero-order valence-electron chi connectivity index (χ0n) is 19.8. The second-order valence-electron chi connectivity index (χ2n) is 10.8. The number of rotatable bonds is 8. The zero-order valence-corrected chi connectivity index (χ0v) is 20.6. The number of nitrogens with zero attached hydrogens (tertiary/aromatic N) is 1. The Kier molecular flexibility index (Phi) is 6.10. The molecule has 1 amide bonds. The maximum absolute atomic E-state index is 13.0. The second-order valence-corrected chi connectivity index (χ2v) is 12.9. The molecule has 33 heavy (non-hydrogen) atoms. The summed E-state index contributed by atoms with van der Waals surface area (Å²) >= 11 is 0. The highest BCUT2D eigenvalue weighted by Crippen LogP contribution is 2.61. The van der Waals surface area contributed by atoms with Crippen molar-refractivity contribution in [2.24, 2.45) is 23.2 Å². The molecule has 4 saturated carbocycles. The predicted molar refractivity (Wildman–Crippen MR) is 126 cm³/mol. The number of carbonyl (C=O) groups excluding carboxylic acids is 1. The molecule has 1 aromatic rings. The van der Waals surface area contributed by atoms with Gasteiger partial charge in [-0.25, -0.2) is 8.42 Å². The number of hydrogen-bond acceptors (Lipinski definition) is 5. The van der Waals surface area contributed by atoms with Crippen LogP contribution in [0.4, 0.5) is 0 Å². The van der Waals surface area contributed by atoms with Crippen molar-refractivity contribution in [1.29, 1.82) is 0 Å². The van der Waals surface area contributed by atoms with Gasteiger partial charge in [0.1, 0.15) is 0 Å². The average molecular weight is 477 g/mol. The van der Waals surface area contributed by atoms with E-state index in [4.69, 9.17) is 9.47 Å². The average Bonchev–Trinajstić information content (AvgIpc) is 2.76. The molecule has 0 aromatic heterocycles. The van der Waals surface area contributed by atoms with E-state index in [-0.39, 0.29) is 23.6 Å². The molecule has 0 radical (unpaired) electrons. The number of fused-ring (bicyclic) bond motifs is 1. The molecule has 7 nitrogen and oxygen atoms in total. The van der Waals surface area contributed by atoms with Crippen LogP contribution >= 0.6 is 0 Å². The molecule has 4 bridgehead atoms. The van der Waals surface area contributed by atoms with Crippen molar-refractivity contribution in [3.8, 4) is 11.5 Å². The first kappa shape index (κ1) is 23.0. The lowest BCUT2D eigenvalue weighted by atomic mass is 9.49. The van der Waals surface area contributed by atoms with Gasteiger partial charge in [0.25, 0.3) is 0 Å². The van der Waals surface area contributed by atoms with E-state index in [1.54, 1.807) is 14.2 Å². The van der Waals surface area contributed by atoms with E-state index in [1.165, 1.54) is 42.8 Å². The van der Waals surface area contributed by atoms with Gasteiger partial charge in [-0.15, -0.1) is 0 Å². The highest BCUT2D eigenvalue weighted by Gasteiger charge is 2.51. The molecule has 8 heteroatoms. The largest absolute Gasteiger partial charge is 0.493 e. The van der Waals surface area contributed by atoms with Crippen molar-refractivity contribution in [1.82, 2.24) is 9.62 Å². The third-order valence-electron chi connectivity index (χ3n) is 8.46. The van der Waals surface area contributed by atoms with Gasteiger partial charge in [-0.3, -0.25) is 4.79 Å². The van der Waals surface area contributed by atoms with Crippen LogP contribution in [0.3, 0.4) is 0 Å². The Hall–Kier alpha value is -1.80. The summed E-state index contributed by atoms with van der Waals surface area (Å²) in [6.45, 7) is 0.925. The standard InChI is InChI=1S/C25H36N2O5S/c1-31-22-10-20-3-5-27(16-21(20)11-23(22)32-2)33(29,30)6-4-26-24(28)15-25-12-17-7-18(13-25)9-19(8-17)14-25/h10-11,17-19H,3-9,12-16H2,1-2H3,(H,26,28). The maximum Gasteiger partial charge on any atom is 0.220 e. The smallest absolute Gasteiger partial charge is 0.220 e. The summed E-state index contributed by atoms with van der Waals surface area (Å²) in [6.07, 6.45) is 8.83. The number of carbonyl (C=O) groups is 1. The number of amides is 1. The molecule has 0 saturated heterocycles. The van der Waals surface area contributed by atoms with Gasteiger partial charge in [-0.1, -0.05) is 0 Å².